The number of hydrogen-bond acceptors (Lipinski definition) is 4. The van der Waals surface area contributed by atoms with E-state index in [1.54, 1.807) is 30.5 Å². The Bertz CT molecular complexity index is 905. The van der Waals surface area contributed by atoms with Crippen LogP contribution >= 0.6 is 35.3 Å². The largest absolute Gasteiger partial charge is 0.573 e. The van der Waals surface area contributed by atoms with Crippen LogP contribution < -0.4 is 15.4 Å². The third-order valence-corrected chi connectivity index (χ3v) is 5.68. The number of carbonyl (C=O) groups is 1. The van der Waals surface area contributed by atoms with Crippen LogP contribution in [0.15, 0.2) is 40.7 Å². The van der Waals surface area contributed by atoms with Crippen molar-refractivity contribution in [3.05, 3.63) is 51.7 Å². The topological polar surface area (TPSA) is 66.0 Å². The number of fused-ring (bicyclic) bond motifs is 1. The van der Waals surface area contributed by atoms with E-state index < -0.39 is 6.36 Å². The van der Waals surface area contributed by atoms with Gasteiger partial charge in [0.2, 0.25) is 5.91 Å². The summed E-state index contributed by atoms with van der Waals surface area (Å²) in [6.45, 7) is 1.81. The van der Waals surface area contributed by atoms with Crippen molar-refractivity contribution >= 4 is 47.2 Å². The highest BCUT2D eigenvalue weighted by molar-refractivity contribution is 14.0. The number of nitrogens with one attached hydrogen (secondary N) is 2. The number of halogens is 4. The van der Waals surface area contributed by atoms with Gasteiger partial charge in [-0.2, -0.15) is 0 Å². The minimum Gasteiger partial charge on any atom is -0.405 e. The molecule has 0 atom stereocenters. The first-order valence-electron chi connectivity index (χ1n) is 9.47. The molecule has 2 N–H and O–H groups in total. The van der Waals surface area contributed by atoms with Crippen LogP contribution in [0.5, 0.6) is 5.75 Å². The van der Waals surface area contributed by atoms with E-state index >= 15 is 0 Å². The Morgan fingerprint density at radius 2 is 2.03 bits per heavy atom. The number of alkyl halides is 3. The van der Waals surface area contributed by atoms with Gasteiger partial charge in [0, 0.05) is 50.1 Å². The second kappa shape index (κ2) is 11.6. The molecule has 31 heavy (non-hydrogen) atoms. The zero-order valence-electron chi connectivity index (χ0n) is 16.9. The van der Waals surface area contributed by atoms with Gasteiger partial charge in [-0.3, -0.25) is 9.79 Å². The number of nitrogens with zero attached hydrogens (tertiary/aromatic N) is 2. The second-order valence-electron chi connectivity index (χ2n) is 6.69. The minimum absolute atomic E-state index is 0. The summed E-state index contributed by atoms with van der Waals surface area (Å²) in [6.07, 6.45) is -3.57. The molecular formula is C20H24F3IN4O2S. The van der Waals surface area contributed by atoms with Gasteiger partial charge in [0.15, 0.2) is 5.96 Å². The van der Waals surface area contributed by atoms with Crippen molar-refractivity contribution in [2.45, 2.75) is 32.3 Å². The van der Waals surface area contributed by atoms with Crippen molar-refractivity contribution in [3.63, 3.8) is 0 Å². The third kappa shape index (κ3) is 7.56. The normalized spacial score (nSPS) is 13.8. The number of benzene rings is 1. The monoisotopic (exact) mass is 568 g/mol. The van der Waals surface area contributed by atoms with Crippen molar-refractivity contribution in [1.82, 2.24) is 15.5 Å². The third-order valence-electron chi connectivity index (χ3n) is 4.66. The van der Waals surface area contributed by atoms with E-state index in [-0.39, 0.29) is 42.2 Å². The highest BCUT2D eigenvalue weighted by Crippen LogP contribution is 2.26. The molecule has 0 radical (unpaired) electrons. The van der Waals surface area contributed by atoms with Crippen LogP contribution in [0.4, 0.5) is 13.2 Å². The summed E-state index contributed by atoms with van der Waals surface area (Å²) in [5.74, 6) is 0.183. The van der Waals surface area contributed by atoms with Gasteiger partial charge in [0.25, 0.3) is 0 Å². The molecule has 1 amide bonds. The first-order valence-corrected chi connectivity index (χ1v) is 10.3. The lowest BCUT2D eigenvalue weighted by molar-refractivity contribution is -0.274. The molecule has 1 aromatic heterocycles. The first kappa shape index (κ1) is 25.2. The summed E-state index contributed by atoms with van der Waals surface area (Å²) in [5, 5.41) is 8.01. The molecule has 2 aromatic rings. The molecule has 0 saturated heterocycles. The highest BCUT2D eigenvalue weighted by atomic mass is 127. The molecule has 0 saturated carbocycles. The molecule has 0 bridgehead atoms. The summed E-state index contributed by atoms with van der Waals surface area (Å²) < 4.78 is 41.6. The number of thiophene rings is 1. The lowest BCUT2D eigenvalue weighted by Gasteiger charge is -2.27. The Morgan fingerprint density at radius 1 is 1.26 bits per heavy atom. The Kier molecular flexibility index (Phi) is 9.41. The van der Waals surface area contributed by atoms with E-state index in [9.17, 15) is 18.0 Å². The lowest BCUT2D eigenvalue weighted by atomic mass is 10.1. The van der Waals surface area contributed by atoms with Gasteiger partial charge in [-0.1, -0.05) is 18.2 Å². The second-order valence-corrected chi connectivity index (χ2v) is 7.69. The van der Waals surface area contributed by atoms with Crippen molar-refractivity contribution in [2.75, 3.05) is 20.1 Å². The summed E-state index contributed by atoms with van der Waals surface area (Å²) in [5.41, 5.74) is 1.55. The Balaban J connectivity index is 0.00000341. The van der Waals surface area contributed by atoms with E-state index in [1.807, 2.05) is 10.3 Å². The van der Waals surface area contributed by atoms with Crippen LogP contribution in [-0.4, -0.2) is 43.3 Å². The van der Waals surface area contributed by atoms with E-state index in [1.165, 1.54) is 22.6 Å². The van der Waals surface area contributed by atoms with Crippen molar-refractivity contribution in [3.8, 4) is 5.75 Å². The molecule has 1 aromatic carbocycles. The molecule has 0 fully saturated rings. The molecular weight excluding hydrogens is 544 g/mol. The maximum atomic E-state index is 12.5. The van der Waals surface area contributed by atoms with Crippen LogP contribution in [-0.2, 0) is 24.3 Å². The molecule has 1 aliphatic rings. The maximum Gasteiger partial charge on any atom is 0.573 e. The van der Waals surface area contributed by atoms with E-state index in [0.717, 1.165) is 13.0 Å². The number of carbonyl (C=O) groups excluding carboxylic acids is 1. The SMILES string of the molecule is CN=C(NCCC(=O)N1CCc2sccc2C1)NCc1ccccc1OC(F)(F)F.I. The number of para-hydroxylation sites is 1. The van der Waals surface area contributed by atoms with Crippen LogP contribution in [0.25, 0.3) is 0 Å². The molecule has 0 aliphatic carbocycles. The average Bonchev–Trinajstić information content (AvgIpc) is 3.18. The van der Waals surface area contributed by atoms with Gasteiger partial charge >= 0.3 is 6.36 Å². The summed E-state index contributed by atoms with van der Waals surface area (Å²) in [4.78, 5) is 19.7. The van der Waals surface area contributed by atoms with Crippen molar-refractivity contribution in [2.24, 2.45) is 4.99 Å². The fourth-order valence-electron chi connectivity index (χ4n) is 3.18. The number of amides is 1. The molecule has 6 nitrogen and oxygen atoms in total. The maximum absolute atomic E-state index is 12.5. The van der Waals surface area contributed by atoms with Crippen molar-refractivity contribution in [1.29, 1.82) is 0 Å². The van der Waals surface area contributed by atoms with Gasteiger partial charge in [0.05, 0.1) is 0 Å². The van der Waals surface area contributed by atoms with Gasteiger partial charge in [-0.15, -0.1) is 48.5 Å². The predicted octanol–water partition coefficient (Wildman–Crippen LogP) is 3.90. The van der Waals surface area contributed by atoms with Crippen LogP contribution in [0.3, 0.4) is 0 Å². The Labute approximate surface area is 199 Å². The zero-order valence-corrected chi connectivity index (χ0v) is 20.0. The number of aliphatic imine (C=N–C) groups is 1. The molecule has 1 aliphatic heterocycles. The van der Waals surface area contributed by atoms with Gasteiger partial charge in [-0.05, 0) is 29.5 Å². The number of guanidine groups is 1. The molecule has 0 unspecified atom stereocenters. The smallest absolute Gasteiger partial charge is 0.405 e. The first-order chi connectivity index (χ1) is 14.4. The number of hydrogen-bond donors (Lipinski definition) is 2. The standard InChI is InChI=1S/C20H23F3N4O2S.HI/c1-24-19(26-12-14-4-2-3-5-16(14)29-20(21,22)23)25-9-6-18(28)27-10-7-17-15(13-27)8-11-30-17;/h2-5,8,11H,6-7,9-10,12-13H2,1H3,(H2,24,25,26);1H. The van der Waals surface area contributed by atoms with E-state index in [2.05, 4.69) is 26.4 Å². The summed E-state index contributed by atoms with van der Waals surface area (Å²) in [7, 11) is 1.55. The van der Waals surface area contributed by atoms with Crippen molar-refractivity contribution < 1.29 is 22.7 Å². The minimum atomic E-state index is -4.76. The fourth-order valence-corrected chi connectivity index (χ4v) is 4.07. The van der Waals surface area contributed by atoms with E-state index in [4.69, 9.17) is 0 Å². The summed E-state index contributed by atoms with van der Waals surface area (Å²) >= 11 is 1.73. The number of ether oxygens (including phenoxy) is 1. The Hall–Kier alpha value is -2.02. The quantitative estimate of drug-likeness (QED) is 0.315. The van der Waals surface area contributed by atoms with E-state index in [0.29, 0.717) is 31.0 Å². The van der Waals surface area contributed by atoms with Gasteiger partial charge < -0.3 is 20.3 Å². The van der Waals surface area contributed by atoms with Gasteiger partial charge in [-0.25, -0.2) is 0 Å². The van der Waals surface area contributed by atoms with Crippen LogP contribution in [0.1, 0.15) is 22.4 Å². The predicted molar refractivity (Wildman–Crippen MR) is 125 cm³/mol. The highest BCUT2D eigenvalue weighted by Gasteiger charge is 2.32. The van der Waals surface area contributed by atoms with Crippen LogP contribution in [0.2, 0.25) is 0 Å². The van der Waals surface area contributed by atoms with Crippen LogP contribution in [0, 0.1) is 0 Å². The lowest BCUT2D eigenvalue weighted by Crippen LogP contribution is -2.40. The van der Waals surface area contributed by atoms with Gasteiger partial charge in [0.1, 0.15) is 5.75 Å². The number of rotatable bonds is 6. The molecule has 3 rings (SSSR count). The molecule has 0 spiro atoms. The zero-order chi connectivity index (χ0) is 21.6. The summed E-state index contributed by atoms with van der Waals surface area (Å²) in [6, 6.07) is 7.97. The fraction of sp³-hybridized carbons (Fsp3) is 0.400. The molecule has 2 heterocycles. The average molecular weight is 568 g/mol. The molecule has 170 valence electrons. The Morgan fingerprint density at radius 3 is 2.77 bits per heavy atom. The molecule has 11 heteroatoms.